The van der Waals surface area contributed by atoms with Gasteiger partial charge in [-0.1, -0.05) is 13.8 Å². The Morgan fingerprint density at radius 1 is 1.64 bits per heavy atom. The molecule has 0 unspecified atom stereocenters. The number of amides is 2. The minimum Gasteiger partial charge on any atom is -0.464 e. The van der Waals surface area contributed by atoms with Crippen LogP contribution in [0.2, 0.25) is 0 Å². The molecule has 1 saturated heterocycles. The average molecular weight is 200 g/mol. The molecule has 1 aliphatic heterocycles. The zero-order valence-electron chi connectivity index (χ0n) is 8.58. The van der Waals surface area contributed by atoms with Crippen LogP contribution in [0.15, 0.2) is 0 Å². The molecule has 80 valence electrons. The summed E-state index contributed by atoms with van der Waals surface area (Å²) in [5.41, 5.74) is 0. The minimum atomic E-state index is -0.218. The second kappa shape index (κ2) is 4.83. The molecule has 0 saturated carbocycles. The maximum atomic E-state index is 11.1. The topological polar surface area (TPSA) is 58.6 Å². The lowest BCUT2D eigenvalue weighted by Gasteiger charge is -2.14. The Kier molecular flexibility index (Phi) is 3.73. The van der Waals surface area contributed by atoms with Gasteiger partial charge >= 0.3 is 12.0 Å². The van der Waals surface area contributed by atoms with Gasteiger partial charge in [-0.2, -0.15) is 0 Å². The highest BCUT2D eigenvalue weighted by atomic mass is 16.5. The number of esters is 1. The van der Waals surface area contributed by atoms with Crippen molar-refractivity contribution in [3.05, 3.63) is 0 Å². The first-order valence-corrected chi connectivity index (χ1v) is 4.80. The second-order valence-corrected chi connectivity index (χ2v) is 3.54. The summed E-state index contributed by atoms with van der Waals surface area (Å²) in [6.07, 6.45) is 0. The Morgan fingerprint density at radius 2 is 2.36 bits per heavy atom. The average Bonchev–Trinajstić information content (AvgIpc) is 2.51. The third-order valence-electron chi connectivity index (χ3n) is 2.02. The minimum absolute atomic E-state index is 0.0782. The number of urea groups is 1. The van der Waals surface area contributed by atoms with E-state index in [1.54, 1.807) is 18.7 Å². The van der Waals surface area contributed by atoms with Crippen molar-refractivity contribution in [1.82, 2.24) is 10.2 Å². The number of hydrogen-bond acceptors (Lipinski definition) is 3. The number of hydrogen-bond donors (Lipinski definition) is 1. The summed E-state index contributed by atoms with van der Waals surface area (Å²) in [6.45, 7) is 5.69. The molecule has 0 aromatic carbocycles. The molecular weight excluding hydrogens is 184 g/mol. The zero-order valence-corrected chi connectivity index (χ0v) is 8.58. The highest BCUT2D eigenvalue weighted by molar-refractivity contribution is 5.76. The van der Waals surface area contributed by atoms with Crippen LogP contribution in [0, 0.1) is 5.92 Å². The van der Waals surface area contributed by atoms with Gasteiger partial charge in [0.2, 0.25) is 0 Å². The monoisotopic (exact) mass is 200 g/mol. The van der Waals surface area contributed by atoms with Crippen molar-refractivity contribution in [1.29, 1.82) is 0 Å². The van der Waals surface area contributed by atoms with Crippen molar-refractivity contribution in [3.8, 4) is 0 Å². The van der Waals surface area contributed by atoms with Gasteiger partial charge in [-0.25, -0.2) is 4.79 Å². The fourth-order valence-electron chi connectivity index (χ4n) is 1.15. The molecule has 5 nitrogen and oxygen atoms in total. The number of nitrogens with zero attached hydrogens (tertiary/aromatic N) is 1. The largest absolute Gasteiger partial charge is 0.464 e. The number of nitrogens with one attached hydrogen (secondary N) is 1. The third-order valence-corrected chi connectivity index (χ3v) is 2.02. The van der Waals surface area contributed by atoms with Crippen molar-refractivity contribution in [2.24, 2.45) is 5.92 Å². The standard InChI is InChI=1S/C9H16N2O3/c1-7(2)8(12)14-6-5-11-4-3-10-9(11)13/h7H,3-6H2,1-2H3,(H,10,13). The van der Waals surface area contributed by atoms with E-state index in [0.717, 1.165) is 0 Å². The van der Waals surface area contributed by atoms with Crippen LogP contribution in [-0.4, -0.2) is 43.1 Å². The molecule has 1 fully saturated rings. The van der Waals surface area contributed by atoms with Crippen LogP contribution in [0.1, 0.15) is 13.8 Å². The predicted octanol–water partition coefficient (Wildman–Crippen LogP) is 0.211. The van der Waals surface area contributed by atoms with Crippen molar-refractivity contribution in [2.45, 2.75) is 13.8 Å². The SMILES string of the molecule is CC(C)C(=O)OCCN1CCNC1=O. The number of carbonyl (C=O) groups is 2. The van der Waals surface area contributed by atoms with E-state index in [9.17, 15) is 9.59 Å². The summed E-state index contributed by atoms with van der Waals surface area (Å²) in [5.74, 6) is -0.327. The van der Waals surface area contributed by atoms with Crippen LogP contribution in [0.3, 0.4) is 0 Å². The summed E-state index contributed by atoms with van der Waals surface area (Å²) in [6, 6.07) is -0.0782. The van der Waals surface area contributed by atoms with E-state index in [-0.39, 0.29) is 24.5 Å². The summed E-state index contributed by atoms with van der Waals surface area (Å²) in [4.78, 5) is 23.7. The lowest BCUT2D eigenvalue weighted by atomic mass is 10.2. The number of carbonyl (C=O) groups excluding carboxylic acids is 2. The molecule has 14 heavy (non-hydrogen) atoms. The Hall–Kier alpha value is -1.26. The van der Waals surface area contributed by atoms with E-state index < -0.39 is 0 Å². The van der Waals surface area contributed by atoms with E-state index in [1.165, 1.54) is 0 Å². The van der Waals surface area contributed by atoms with Gasteiger partial charge in [0.05, 0.1) is 12.5 Å². The molecule has 2 amide bonds. The lowest BCUT2D eigenvalue weighted by molar-refractivity contribution is -0.147. The molecule has 0 radical (unpaired) electrons. The summed E-state index contributed by atoms with van der Waals surface area (Å²) in [7, 11) is 0. The van der Waals surface area contributed by atoms with Crippen LogP contribution >= 0.6 is 0 Å². The first kappa shape index (κ1) is 10.8. The molecule has 1 N–H and O–H groups in total. The van der Waals surface area contributed by atoms with Crippen molar-refractivity contribution in [3.63, 3.8) is 0 Å². The van der Waals surface area contributed by atoms with Gasteiger partial charge in [0.25, 0.3) is 0 Å². The first-order valence-electron chi connectivity index (χ1n) is 4.80. The van der Waals surface area contributed by atoms with E-state index in [1.807, 2.05) is 0 Å². The number of rotatable bonds is 4. The number of ether oxygens (including phenoxy) is 1. The van der Waals surface area contributed by atoms with Crippen LogP contribution in [0.4, 0.5) is 4.79 Å². The second-order valence-electron chi connectivity index (χ2n) is 3.54. The van der Waals surface area contributed by atoms with Gasteiger partial charge in [-0.3, -0.25) is 4.79 Å². The quantitative estimate of drug-likeness (QED) is 0.660. The van der Waals surface area contributed by atoms with Gasteiger partial charge in [-0.05, 0) is 0 Å². The molecule has 1 heterocycles. The van der Waals surface area contributed by atoms with Crippen molar-refractivity contribution in [2.75, 3.05) is 26.2 Å². The Balaban J connectivity index is 2.15. The van der Waals surface area contributed by atoms with Crippen molar-refractivity contribution < 1.29 is 14.3 Å². The maximum absolute atomic E-state index is 11.1. The predicted molar refractivity (Wildman–Crippen MR) is 50.8 cm³/mol. The van der Waals surface area contributed by atoms with E-state index >= 15 is 0 Å². The van der Waals surface area contributed by atoms with Crippen LogP contribution in [0.25, 0.3) is 0 Å². The van der Waals surface area contributed by atoms with Gasteiger partial charge in [-0.15, -0.1) is 0 Å². The van der Waals surface area contributed by atoms with Gasteiger partial charge in [0.15, 0.2) is 0 Å². The van der Waals surface area contributed by atoms with E-state index in [0.29, 0.717) is 19.6 Å². The summed E-state index contributed by atoms with van der Waals surface area (Å²) >= 11 is 0. The summed E-state index contributed by atoms with van der Waals surface area (Å²) < 4.78 is 4.95. The third kappa shape index (κ3) is 2.90. The Labute approximate surface area is 83.4 Å². The lowest BCUT2D eigenvalue weighted by Crippen LogP contribution is -2.32. The zero-order chi connectivity index (χ0) is 10.6. The smallest absolute Gasteiger partial charge is 0.317 e. The van der Waals surface area contributed by atoms with Gasteiger partial charge in [0.1, 0.15) is 6.61 Å². The maximum Gasteiger partial charge on any atom is 0.317 e. The van der Waals surface area contributed by atoms with E-state index in [4.69, 9.17) is 4.74 Å². The first-order chi connectivity index (χ1) is 6.61. The summed E-state index contributed by atoms with van der Waals surface area (Å²) in [5, 5.41) is 2.68. The molecule has 0 aromatic heterocycles. The fourth-order valence-corrected chi connectivity index (χ4v) is 1.15. The molecule has 1 rings (SSSR count). The van der Waals surface area contributed by atoms with E-state index in [2.05, 4.69) is 5.32 Å². The molecular formula is C9H16N2O3. The van der Waals surface area contributed by atoms with Crippen molar-refractivity contribution >= 4 is 12.0 Å². The Bertz CT molecular complexity index is 228. The molecule has 0 atom stereocenters. The molecule has 0 bridgehead atoms. The Morgan fingerprint density at radius 3 is 2.86 bits per heavy atom. The van der Waals surface area contributed by atoms with Crippen LogP contribution in [-0.2, 0) is 9.53 Å². The highest BCUT2D eigenvalue weighted by Gasteiger charge is 2.19. The molecule has 1 aliphatic rings. The fraction of sp³-hybridized carbons (Fsp3) is 0.778. The highest BCUT2D eigenvalue weighted by Crippen LogP contribution is 1.98. The molecule has 5 heteroatoms. The molecule has 0 aromatic rings. The van der Waals surface area contributed by atoms with Crippen LogP contribution < -0.4 is 5.32 Å². The van der Waals surface area contributed by atoms with Crippen LogP contribution in [0.5, 0.6) is 0 Å². The van der Waals surface area contributed by atoms with Gasteiger partial charge < -0.3 is 15.0 Å². The normalized spacial score (nSPS) is 15.9. The molecule has 0 aliphatic carbocycles. The molecule has 0 spiro atoms. The van der Waals surface area contributed by atoms with Gasteiger partial charge in [0, 0.05) is 13.1 Å².